The Morgan fingerprint density at radius 2 is 1.39 bits per heavy atom. The van der Waals surface area contributed by atoms with Crippen LogP contribution in [-0.2, 0) is 18.9 Å². The van der Waals surface area contributed by atoms with Crippen molar-refractivity contribution in [3.63, 3.8) is 0 Å². The molecule has 0 aromatic rings. The number of unbranched alkanes of at least 4 members (excludes halogenated alkanes) is 1. The highest BCUT2D eigenvalue weighted by Gasteiger charge is 2.32. The molecule has 1 aliphatic rings. The average molecular weight is 324 g/mol. The fraction of sp³-hybridized carbons (Fsp3) is 0.579. The Morgan fingerprint density at radius 3 is 1.78 bits per heavy atom. The highest BCUT2D eigenvalue weighted by molar-refractivity contribution is 4.86. The van der Waals surface area contributed by atoms with E-state index in [-0.39, 0.29) is 5.60 Å². The second kappa shape index (κ2) is 13.8. The molecule has 23 heavy (non-hydrogen) atoms. The van der Waals surface area contributed by atoms with Gasteiger partial charge in [-0.15, -0.1) is 0 Å². The zero-order valence-corrected chi connectivity index (χ0v) is 14.5. The van der Waals surface area contributed by atoms with E-state index in [0.717, 1.165) is 51.7 Å². The molecule has 0 aromatic heterocycles. The molecule has 0 saturated heterocycles. The van der Waals surface area contributed by atoms with E-state index in [9.17, 15) is 0 Å². The lowest BCUT2D eigenvalue weighted by molar-refractivity contribution is -0.0313. The number of rotatable bonds is 11. The Balaban J connectivity index is 0.000000438. The maximum atomic E-state index is 5.48. The van der Waals surface area contributed by atoms with Gasteiger partial charge in [-0.2, -0.15) is 0 Å². The Labute approximate surface area is 141 Å². The van der Waals surface area contributed by atoms with Gasteiger partial charge in [-0.1, -0.05) is 26.3 Å². The molecule has 132 valence electrons. The molecule has 0 unspecified atom stereocenters. The van der Waals surface area contributed by atoms with Gasteiger partial charge in [0.05, 0.1) is 44.4 Å². The van der Waals surface area contributed by atoms with Gasteiger partial charge in [0.15, 0.2) is 0 Å². The molecular weight excluding hydrogens is 292 g/mol. The van der Waals surface area contributed by atoms with Crippen LogP contribution < -0.4 is 0 Å². The summed E-state index contributed by atoms with van der Waals surface area (Å²) in [4.78, 5) is 0. The second-order valence-corrected chi connectivity index (χ2v) is 5.52. The molecule has 1 fully saturated rings. The van der Waals surface area contributed by atoms with Gasteiger partial charge in [-0.25, -0.2) is 0 Å². The van der Waals surface area contributed by atoms with Crippen LogP contribution in [0.4, 0.5) is 0 Å². The Hall–Kier alpha value is -1.84. The standard InChI is InChI=1S/C11H18O2.C8H14O2/c1-4-12-10-6-8-11(3,9-7-10)13-5-2;1-3-9-7-5-6-8-10-4-2/h4-5,10H,1-2,6-9H2,3H3;3-4H,1-2,5-8H2. The van der Waals surface area contributed by atoms with Crippen molar-refractivity contribution in [3.05, 3.63) is 51.4 Å². The van der Waals surface area contributed by atoms with Crippen LogP contribution in [0.2, 0.25) is 0 Å². The number of hydrogen-bond acceptors (Lipinski definition) is 4. The minimum absolute atomic E-state index is 0.0250. The highest BCUT2D eigenvalue weighted by atomic mass is 16.5. The third-order valence-electron chi connectivity index (χ3n) is 3.66. The average Bonchev–Trinajstić information content (AvgIpc) is 2.54. The molecule has 4 heteroatoms. The van der Waals surface area contributed by atoms with Gasteiger partial charge >= 0.3 is 0 Å². The van der Waals surface area contributed by atoms with E-state index in [1.165, 1.54) is 25.0 Å². The van der Waals surface area contributed by atoms with Gasteiger partial charge in [0.25, 0.3) is 0 Å². The topological polar surface area (TPSA) is 36.9 Å². The largest absolute Gasteiger partial charge is 0.502 e. The predicted octanol–water partition coefficient (Wildman–Crippen LogP) is 5.09. The molecule has 1 saturated carbocycles. The molecule has 0 aliphatic heterocycles. The van der Waals surface area contributed by atoms with E-state index in [0.29, 0.717) is 6.10 Å². The van der Waals surface area contributed by atoms with E-state index in [1.54, 1.807) is 0 Å². The first-order chi connectivity index (χ1) is 11.1. The summed E-state index contributed by atoms with van der Waals surface area (Å²) in [6.45, 7) is 17.6. The first-order valence-electron chi connectivity index (χ1n) is 8.12. The zero-order chi connectivity index (χ0) is 17.4. The molecule has 0 spiro atoms. The summed E-state index contributed by atoms with van der Waals surface area (Å²) >= 11 is 0. The van der Waals surface area contributed by atoms with Gasteiger partial charge < -0.3 is 18.9 Å². The second-order valence-electron chi connectivity index (χ2n) is 5.52. The van der Waals surface area contributed by atoms with Crippen LogP contribution in [0.25, 0.3) is 0 Å². The van der Waals surface area contributed by atoms with E-state index >= 15 is 0 Å². The van der Waals surface area contributed by atoms with Crippen LogP contribution >= 0.6 is 0 Å². The number of hydrogen-bond donors (Lipinski definition) is 0. The fourth-order valence-corrected chi connectivity index (χ4v) is 2.33. The maximum absolute atomic E-state index is 5.48. The molecule has 4 nitrogen and oxygen atoms in total. The van der Waals surface area contributed by atoms with E-state index in [4.69, 9.17) is 18.9 Å². The van der Waals surface area contributed by atoms with E-state index in [1.807, 2.05) is 0 Å². The van der Waals surface area contributed by atoms with Gasteiger partial charge in [-0.05, 0) is 45.4 Å². The van der Waals surface area contributed by atoms with Crippen molar-refractivity contribution in [1.29, 1.82) is 0 Å². The third-order valence-corrected chi connectivity index (χ3v) is 3.66. The smallest absolute Gasteiger partial charge is 0.106 e. The summed E-state index contributed by atoms with van der Waals surface area (Å²) in [6, 6.07) is 0. The third kappa shape index (κ3) is 11.4. The summed E-state index contributed by atoms with van der Waals surface area (Å²) in [5.74, 6) is 0. The fourth-order valence-electron chi connectivity index (χ4n) is 2.33. The van der Waals surface area contributed by atoms with Gasteiger partial charge in [0, 0.05) is 0 Å². The molecule has 0 aromatic carbocycles. The molecule has 1 aliphatic carbocycles. The van der Waals surface area contributed by atoms with Crippen LogP contribution in [0.5, 0.6) is 0 Å². The summed E-state index contributed by atoms with van der Waals surface area (Å²) < 4.78 is 20.6. The van der Waals surface area contributed by atoms with E-state index < -0.39 is 0 Å². The molecule has 1 rings (SSSR count). The monoisotopic (exact) mass is 324 g/mol. The zero-order valence-electron chi connectivity index (χ0n) is 14.5. The molecule has 0 heterocycles. The summed E-state index contributed by atoms with van der Waals surface area (Å²) in [7, 11) is 0. The van der Waals surface area contributed by atoms with Crippen molar-refractivity contribution in [2.45, 2.75) is 57.2 Å². The van der Waals surface area contributed by atoms with Crippen LogP contribution in [0.3, 0.4) is 0 Å². The summed E-state index contributed by atoms with van der Waals surface area (Å²) in [5.41, 5.74) is -0.0250. The minimum Gasteiger partial charge on any atom is -0.502 e. The van der Waals surface area contributed by atoms with Crippen molar-refractivity contribution in [3.8, 4) is 0 Å². The maximum Gasteiger partial charge on any atom is 0.106 e. The first-order valence-corrected chi connectivity index (χ1v) is 8.12. The lowest BCUT2D eigenvalue weighted by atomic mass is 9.84. The van der Waals surface area contributed by atoms with Gasteiger partial charge in [0.1, 0.15) is 5.60 Å². The van der Waals surface area contributed by atoms with E-state index in [2.05, 4.69) is 33.2 Å². The Bertz CT molecular complexity index is 318. The van der Waals surface area contributed by atoms with Crippen LogP contribution in [-0.4, -0.2) is 24.9 Å². The Morgan fingerprint density at radius 1 is 0.870 bits per heavy atom. The van der Waals surface area contributed by atoms with Crippen molar-refractivity contribution < 1.29 is 18.9 Å². The molecule has 0 N–H and O–H groups in total. The number of ether oxygens (including phenoxy) is 4. The van der Waals surface area contributed by atoms with Crippen LogP contribution in [0.15, 0.2) is 51.4 Å². The summed E-state index contributed by atoms with van der Waals surface area (Å²) in [6.07, 6.45) is 12.4. The quantitative estimate of drug-likeness (QED) is 0.391. The lowest BCUT2D eigenvalue weighted by Gasteiger charge is -2.36. The summed E-state index contributed by atoms with van der Waals surface area (Å²) in [5, 5.41) is 0. The molecule has 0 bridgehead atoms. The molecule has 0 atom stereocenters. The Kier molecular flexibility index (Phi) is 12.7. The molecule has 0 amide bonds. The normalized spacial score (nSPS) is 22.6. The SMILES string of the molecule is C=COC1CCC(C)(OC=C)CC1.C=COCCCCOC=C. The van der Waals surface area contributed by atoms with Crippen LogP contribution in [0.1, 0.15) is 45.4 Å². The van der Waals surface area contributed by atoms with Crippen molar-refractivity contribution in [1.82, 2.24) is 0 Å². The van der Waals surface area contributed by atoms with Crippen molar-refractivity contribution in [2.75, 3.05) is 13.2 Å². The van der Waals surface area contributed by atoms with Crippen LogP contribution in [0, 0.1) is 0 Å². The predicted molar refractivity (Wildman–Crippen MR) is 94.8 cm³/mol. The van der Waals surface area contributed by atoms with Gasteiger partial charge in [0.2, 0.25) is 0 Å². The highest BCUT2D eigenvalue weighted by Crippen LogP contribution is 2.32. The minimum atomic E-state index is -0.0250. The van der Waals surface area contributed by atoms with Gasteiger partial charge in [-0.3, -0.25) is 0 Å². The van der Waals surface area contributed by atoms with Crippen molar-refractivity contribution >= 4 is 0 Å². The first kappa shape index (κ1) is 21.2. The lowest BCUT2D eigenvalue weighted by Crippen LogP contribution is -2.34. The van der Waals surface area contributed by atoms with Crippen molar-refractivity contribution in [2.24, 2.45) is 0 Å². The molecule has 0 radical (unpaired) electrons. The molecular formula is C19H32O4.